The summed E-state index contributed by atoms with van der Waals surface area (Å²) in [6, 6.07) is 12.7. The Morgan fingerprint density at radius 2 is 1.96 bits per heavy atom. The van der Waals surface area contributed by atoms with Crippen LogP contribution in [0.15, 0.2) is 61.4 Å². The zero-order valence-corrected chi connectivity index (χ0v) is 17.6. The lowest BCUT2D eigenvalue weighted by molar-refractivity contribution is 0.244. The minimum Gasteiger partial charge on any atom is -0.296 e. The summed E-state index contributed by atoms with van der Waals surface area (Å²) in [5.41, 5.74) is 3.58. The summed E-state index contributed by atoms with van der Waals surface area (Å²) < 4.78 is 4.54. The second-order valence-electron chi connectivity index (χ2n) is 7.30. The zero-order valence-electron chi connectivity index (χ0n) is 16.7. The van der Waals surface area contributed by atoms with E-state index in [2.05, 4.69) is 61.6 Å². The number of hydrogen-bond acceptors (Lipinski definition) is 4. The smallest absolute Gasteiger partial charge is 0.199 e. The van der Waals surface area contributed by atoms with Gasteiger partial charge >= 0.3 is 0 Å². The highest BCUT2D eigenvalue weighted by atomic mass is 32.1. The van der Waals surface area contributed by atoms with Crippen molar-refractivity contribution < 1.29 is 0 Å². The standard InChI is InChI=1S/C22H27N5S/c1-5-13-26-21(20-7-6-12-23-14-20)24-27(22(26)28)16-25(4)15-18-8-10-19(11-9-18)17(2)3/h5-12,14,17H,1,13,15-16H2,2-4H3. The molecule has 1 aromatic carbocycles. The van der Waals surface area contributed by atoms with E-state index in [-0.39, 0.29) is 0 Å². The van der Waals surface area contributed by atoms with Crippen LogP contribution >= 0.6 is 12.2 Å². The van der Waals surface area contributed by atoms with Gasteiger partial charge in [0.05, 0.1) is 6.67 Å². The van der Waals surface area contributed by atoms with Crippen molar-refractivity contribution in [3.8, 4) is 11.4 Å². The lowest BCUT2D eigenvalue weighted by atomic mass is 10.0. The molecule has 28 heavy (non-hydrogen) atoms. The Morgan fingerprint density at radius 1 is 1.21 bits per heavy atom. The van der Waals surface area contributed by atoms with Crippen molar-refractivity contribution in [2.24, 2.45) is 0 Å². The Morgan fingerprint density at radius 3 is 2.57 bits per heavy atom. The van der Waals surface area contributed by atoms with E-state index in [4.69, 9.17) is 17.3 Å². The molecular weight excluding hydrogens is 366 g/mol. The van der Waals surface area contributed by atoms with Gasteiger partial charge in [-0.05, 0) is 48.4 Å². The zero-order chi connectivity index (χ0) is 20.1. The van der Waals surface area contributed by atoms with Gasteiger partial charge in [-0.25, -0.2) is 4.68 Å². The van der Waals surface area contributed by atoms with Crippen LogP contribution in [-0.4, -0.2) is 31.3 Å². The van der Waals surface area contributed by atoms with Crippen molar-refractivity contribution in [1.82, 2.24) is 24.2 Å². The molecule has 0 atom stereocenters. The number of nitrogens with zero attached hydrogens (tertiary/aromatic N) is 5. The highest BCUT2D eigenvalue weighted by molar-refractivity contribution is 7.71. The first-order valence-corrected chi connectivity index (χ1v) is 9.86. The van der Waals surface area contributed by atoms with E-state index in [0.717, 1.165) is 17.9 Å². The van der Waals surface area contributed by atoms with Gasteiger partial charge < -0.3 is 0 Å². The molecule has 0 saturated heterocycles. The van der Waals surface area contributed by atoms with Crippen LogP contribution in [0.5, 0.6) is 0 Å². The average molecular weight is 394 g/mol. The van der Waals surface area contributed by atoms with E-state index in [1.165, 1.54) is 11.1 Å². The van der Waals surface area contributed by atoms with Gasteiger partial charge in [-0.3, -0.25) is 14.5 Å². The van der Waals surface area contributed by atoms with Crippen molar-refractivity contribution in [1.29, 1.82) is 0 Å². The van der Waals surface area contributed by atoms with Crippen molar-refractivity contribution in [2.75, 3.05) is 7.05 Å². The van der Waals surface area contributed by atoms with Crippen LogP contribution in [0.4, 0.5) is 0 Å². The number of aromatic nitrogens is 4. The van der Waals surface area contributed by atoms with Crippen LogP contribution in [0.2, 0.25) is 0 Å². The van der Waals surface area contributed by atoms with Gasteiger partial charge in [-0.15, -0.1) is 6.58 Å². The normalized spacial score (nSPS) is 11.3. The Kier molecular flexibility index (Phi) is 6.54. The lowest BCUT2D eigenvalue weighted by Crippen LogP contribution is -2.22. The molecule has 3 rings (SSSR count). The van der Waals surface area contributed by atoms with Gasteiger partial charge in [-0.2, -0.15) is 5.10 Å². The molecule has 0 aliphatic rings. The highest BCUT2D eigenvalue weighted by Gasteiger charge is 2.13. The third kappa shape index (κ3) is 4.64. The summed E-state index contributed by atoms with van der Waals surface area (Å²) in [7, 11) is 2.08. The van der Waals surface area contributed by atoms with E-state index in [9.17, 15) is 0 Å². The molecule has 0 unspecified atom stereocenters. The fraction of sp³-hybridized carbons (Fsp3) is 0.318. The van der Waals surface area contributed by atoms with Crippen molar-refractivity contribution in [3.05, 3.63) is 77.3 Å². The van der Waals surface area contributed by atoms with E-state index < -0.39 is 0 Å². The van der Waals surface area contributed by atoms with Crippen LogP contribution in [0, 0.1) is 4.77 Å². The predicted molar refractivity (Wildman–Crippen MR) is 116 cm³/mol. The predicted octanol–water partition coefficient (Wildman–Crippen LogP) is 4.87. The SMILES string of the molecule is C=CCn1c(-c2cccnc2)nn(CN(C)Cc2ccc(C(C)C)cc2)c1=S. The molecule has 0 fully saturated rings. The molecule has 146 valence electrons. The number of allylic oxidation sites excluding steroid dienone is 1. The quantitative estimate of drug-likeness (QED) is 0.404. The number of rotatable bonds is 8. The molecule has 0 saturated carbocycles. The third-order valence-electron chi connectivity index (χ3n) is 4.63. The second kappa shape index (κ2) is 9.08. The van der Waals surface area contributed by atoms with Gasteiger partial charge in [0.2, 0.25) is 0 Å². The molecule has 0 aliphatic heterocycles. The highest BCUT2D eigenvalue weighted by Crippen LogP contribution is 2.18. The summed E-state index contributed by atoms with van der Waals surface area (Å²) in [6.45, 7) is 10.3. The summed E-state index contributed by atoms with van der Waals surface area (Å²) >= 11 is 5.68. The molecule has 0 N–H and O–H groups in total. The Balaban J connectivity index is 1.79. The molecule has 5 nitrogen and oxygen atoms in total. The molecule has 2 aromatic heterocycles. The average Bonchev–Trinajstić information content (AvgIpc) is 2.99. The van der Waals surface area contributed by atoms with Crippen LogP contribution in [-0.2, 0) is 19.8 Å². The van der Waals surface area contributed by atoms with Crippen molar-refractivity contribution in [3.63, 3.8) is 0 Å². The number of benzene rings is 1. The van der Waals surface area contributed by atoms with Gasteiger partial charge in [0.1, 0.15) is 0 Å². The van der Waals surface area contributed by atoms with Gasteiger partial charge in [0, 0.05) is 31.0 Å². The van der Waals surface area contributed by atoms with Gasteiger partial charge in [0.15, 0.2) is 10.6 Å². The topological polar surface area (TPSA) is 38.9 Å². The third-order valence-corrected chi connectivity index (χ3v) is 5.06. The minimum atomic E-state index is 0.546. The summed E-state index contributed by atoms with van der Waals surface area (Å²) in [5.74, 6) is 1.36. The number of pyridine rings is 1. The van der Waals surface area contributed by atoms with E-state index in [1.807, 2.05) is 27.5 Å². The Labute approximate surface area is 172 Å². The molecule has 0 amide bonds. The minimum absolute atomic E-state index is 0.546. The monoisotopic (exact) mass is 393 g/mol. The second-order valence-corrected chi connectivity index (χ2v) is 7.66. The Hall–Kier alpha value is -2.57. The molecular formula is C22H27N5S. The first kappa shape index (κ1) is 20.2. The van der Waals surface area contributed by atoms with Crippen LogP contribution < -0.4 is 0 Å². The summed E-state index contributed by atoms with van der Waals surface area (Å²) in [4.78, 5) is 6.41. The van der Waals surface area contributed by atoms with Gasteiger partial charge in [0.25, 0.3) is 0 Å². The molecule has 0 aliphatic carbocycles. The molecule has 2 heterocycles. The molecule has 0 radical (unpaired) electrons. The van der Waals surface area contributed by atoms with Crippen molar-refractivity contribution >= 4 is 12.2 Å². The maximum absolute atomic E-state index is 5.68. The molecule has 0 spiro atoms. The van der Waals surface area contributed by atoms with Gasteiger partial charge in [-0.1, -0.05) is 44.2 Å². The first-order valence-electron chi connectivity index (χ1n) is 9.46. The fourth-order valence-corrected chi connectivity index (χ4v) is 3.39. The Bertz CT molecular complexity index is 970. The van der Waals surface area contributed by atoms with Crippen LogP contribution in [0.25, 0.3) is 11.4 Å². The molecule has 3 aromatic rings. The van der Waals surface area contributed by atoms with E-state index in [1.54, 1.807) is 12.4 Å². The lowest BCUT2D eigenvalue weighted by Gasteiger charge is -2.17. The van der Waals surface area contributed by atoms with E-state index >= 15 is 0 Å². The molecule has 0 bridgehead atoms. The maximum Gasteiger partial charge on any atom is 0.199 e. The number of hydrogen-bond donors (Lipinski definition) is 0. The van der Waals surface area contributed by atoms with Crippen LogP contribution in [0.1, 0.15) is 30.9 Å². The van der Waals surface area contributed by atoms with E-state index in [0.29, 0.717) is 23.9 Å². The van der Waals surface area contributed by atoms with Crippen molar-refractivity contribution in [2.45, 2.75) is 39.5 Å². The summed E-state index contributed by atoms with van der Waals surface area (Å²) in [6.07, 6.45) is 5.40. The largest absolute Gasteiger partial charge is 0.296 e. The molecule has 6 heteroatoms. The summed E-state index contributed by atoms with van der Waals surface area (Å²) in [5, 5.41) is 4.76. The van der Waals surface area contributed by atoms with Crippen LogP contribution in [0.3, 0.4) is 0 Å². The maximum atomic E-state index is 5.68. The fourth-order valence-electron chi connectivity index (χ4n) is 3.13. The first-order chi connectivity index (χ1) is 13.5.